The number of piperazine rings is 1. The molecule has 0 spiro atoms. The van der Waals surface area contributed by atoms with Crippen molar-refractivity contribution in [1.29, 1.82) is 0 Å². The fourth-order valence-corrected chi connectivity index (χ4v) is 5.71. The third kappa shape index (κ3) is 4.73. The van der Waals surface area contributed by atoms with Crippen LogP contribution in [0, 0.1) is 5.82 Å². The lowest BCUT2D eigenvalue weighted by Crippen LogP contribution is -2.49. The minimum absolute atomic E-state index is 0.0726. The van der Waals surface area contributed by atoms with Crippen molar-refractivity contribution in [2.75, 3.05) is 49.5 Å². The lowest BCUT2D eigenvalue weighted by Gasteiger charge is -2.35. The number of aromatic nitrogens is 4. The van der Waals surface area contributed by atoms with E-state index in [2.05, 4.69) is 21.9 Å². The Balaban J connectivity index is 1.66. The zero-order chi connectivity index (χ0) is 29.5. The molecule has 216 valence electrons. The molecule has 2 bridgehead atoms. The van der Waals surface area contributed by atoms with Crippen LogP contribution in [0.5, 0.6) is 5.75 Å². The van der Waals surface area contributed by atoms with Crippen molar-refractivity contribution in [2.24, 2.45) is 0 Å². The third-order valence-corrected chi connectivity index (χ3v) is 7.77. The number of benzene rings is 1. The maximum atomic E-state index is 15.4. The summed E-state index contributed by atoms with van der Waals surface area (Å²) in [5, 5.41) is 3.94. The number of rotatable bonds is 3. The molecule has 1 saturated heterocycles. The molecule has 0 atom stereocenters. The van der Waals surface area contributed by atoms with Crippen molar-refractivity contribution < 1.29 is 13.9 Å². The van der Waals surface area contributed by atoms with Crippen LogP contribution in [0.25, 0.3) is 28.0 Å². The van der Waals surface area contributed by atoms with Crippen LogP contribution in [0.4, 0.5) is 15.9 Å². The Labute approximate surface area is 246 Å². The van der Waals surface area contributed by atoms with Gasteiger partial charge in [-0.3, -0.25) is 9.78 Å². The number of pyridine rings is 2. The Hall–Kier alpha value is -4.51. The average molecular weight is 590 g/mol. The van der Waals surface area contributed by atoms with Crippen molar-refractivity contribution in [3.8, 4) is 22.7 Å². The predicted octanol–water partition coefficient (Wildman–Crippen LogP) is 4.40. The van der Waals surface area contributed by atoms with Gasteiger partial charge in [-0.1, -0.05) is 38.1 Å². The Bertz CT molecular complexity index is 1780. The van der Waals surface area contributed by atoms with Gasteiger partial charge in [-0.15, -0.1) is 0 Å². The first kappa shape index (κ1) is 27.6. The summed E-state index contributed by atoms with van der Waals surface area (Å²) in [5.41, 5.74) is 1.57. The second kappa shape index (κ2) is 11.1. The summed E-state index contributed by atoms with van der Waals surface area (Å²) < 4.78 is 23.0. The van der Waals surface area contributed by atoms with Gasteiger partial charge < -0.3 is 19.9 Å². The Kier molecular flexibility index (Phi) is 7.28. The van der Waals surface area contributed by atoms with Crippen molar-refractivity contribution in [3.05, 3.63) is 76.2 Å². The minimum atomic E-state index is -0.591. The smallest absolute Gasteiger partial charge is 0.356 e. The molecular formula is C30H29ClFN7O3. The summed E-state index contributed by atoms with van der Waals surface area (Å²) in [5.74, 6) is 0.0930. The molecule has 1 fully saturated rings. The molecule has 0 saturated carbocycles. The number of carbonyl (C=O) groups excluding carboxylic acids is 1. The van der Waals surface area contributed by atoms with Gasteiger partial charge in [-0.05, 0) is 30.2 Å². The first-order valence-corrected chi connectivity index (χ1v) is 14.1. The van der Waals surface area contributed by atoms with Gasteiger partial charge in [-0.2, -0.15) is 4.98 Å². The van der Waals surface area contributed by atoms with Crippen molar-refractivity contribution in [2.45, 2.75) is 19.8 Å². The Morgan fingerprint density at radius 3 is 2.71 bits per heavy atom. The number of nitrogens with zero attached hydrogens (tertiary/aromatic N) is 6. The van der Waals surface area contributed by atoms with Crippen molar-refractivity contribution in [1.82, 2.24) is 24.4 Å². The van der Waals surface area contributed by atoms with E-state index in [-0.39, 0.29) is 40.4 Å². The van der Waals surface area contributed by atoms with E-state index in [0.717, 1.165) is 0 Å². The van der Waals surface area contributed by atoms with Crippen LogP contribution in [0.15, 0.2) is 54.0 Å². The molecule has 12 heteroatoms. The number of hydrogen-bond acceptors (Lipinski definition) is 8. The van der Waals surface area contributed by atoms with E-state index in [4.69, 9.17) is 21.3 Å². The van der Waals surface area contributed by atoms with E-state index in [1.807, 2.05) is 18.7 Å². The molecule has 1 amide bonds. The fraction of sp³-hybridized carbons (Fsp3) is 0.300. The number of fused-ring (bicyclic) bond motifs is 5. The van der Waals surface area contributed by atoms with Crippen molar-refractivity contribution in [3.63, 3.8) is 0 Å². The van der Waals surface area contributed by atoms with E-state index >= 15 is 4.39 Å². The highest BCUT2D eigenvalue weighted by molar-refractivity contribution is 6.34. The zero-order valence-corrected chi connectivity index (χ0v) is 24.0. The molecule has 0 unspecified atom stereocenters. The minimum Gasteiger partial charge on any atom is -0.489 e. The van der Waals surface area contributed by atoms with Gasteiger partial charge in [0.05, 0.1) is 27.4 Å². The lowest BCUT2D eigenvalue weighted by atomic mass is 10.1. The first-order valence-electron chi connectivity index (χ1n) is 13.7. The molecule has 3 aromatic heterocycles. The topological polar surface area (TPSA) is 105 Å². The highest BCUT2D eigenvalue weighted by atomic mass is 35.5. The summed E-state index contributed by atoms with van der Waals surface area (Å²) in [6.07, 6.45) is 2.93. The summed E-state index contributed by atoms with van der Waals surface area (Å²) in [7, 11) is 0. The Morgan fingerprint density at radius 1 is 1.19 bits per heavy atom. The number of carbonyl (C=O) groups is 1. The van der Waals surface area contributed by atoms with Gasteiger partial charge in [0, 0.05) is 50.7 Å². The second-order valence-corrected chi connectivity index (χ2v) is 10.8. The largest absolute Gasteiger partial charge is 0.489 e. The molecule has 10 nitrogen and oxygen atoms in total. The first-order chi connectivity index (χ1) is 20.3. The maximum absolute atomic E-state index is 15.4. The monoisotopic (exact) mass is 589 g/mol. The van der Waals surface area contributed by atoms with E-state index in [9.17, 15) is 9.59 Å². The van der Waals surface area contributed by atoms with Gasteiger partial charge in [0.25, 0.3) is 0 Å². The van der Waals surface area contributed by atoms with Crippen LogP contribution < -0.4 is 20.6 Å². The molecule has 0 radical (unpaired) electrons. The second-order valence-electron chi connectivity index (χ2n) is 10.4. The summed E-state index contributed by atoms with van der Waals surface area (Å²) >= 11 is 6.85. The van der Waals surface area contributed by atoms with Gasteiger partial charge in [-0.25, -0.2) is 18.7 Å². The molecule has 1 aromatic carbocycles. The molecule has 5 heterocycles. The summed E-state index contributed by atoms with van der Waals surface area (Å²) in [6, 6.07) is 8.08. The van der Waals surface area contributed by atoms with Gasteiger partial charge in [0.2, 0.25) is 5.91 Å². The van der Waals surface area contributed by atoms with E-state index in [1.54, 1.807) is 35.4 Å². The average Bonchev–Trinajstić information content (AvgIpc) is 2.98. The lowest BCUT2D eigenvalue weighted by molar-refractivity contribution is -0.126. The number of hydrogen-bond donors (Lipinski definition) is 1. The zero-order valence-electron chi connectivity index (χ0n) is 23.2. The quantitative estimate of drug-likeness (QED) is 0.351. The van der Waals surface area contributed by atoms with E-state index in [0.29, 0.717) is 66.7 Å². The van der Waals surface area contributed by atoms with Crippen LogP contribution in [-0.4, -0.2) is 69.7 Å². The van der Waals surface area contributed by atoms with Gasteiger partial charge >= 0.3 is 5.69 Å². The van der Waals surface area contributed by atoms with Crippen LogP contribution in [-0.2, 0) is 4.79 Å². The number of nitrogens with one attached hydrogen (secondary N) is 1. The van der Waals surface area contributed by atoms with Gasteiger partial charge in [0.1, 0.15) is 29.7 Å². The predicted molar refractivity (Wildman–Crippen MR) is 160 cm³/mol. The third-order valence-electron chi connectivity index (χ3n) is 7.48. The fourth-order valence-electron chi connectivity index (χ4n) is 5.47. The number of amides is 1. The number of anilines is 2. The molecule has 2 aliphatic heterocycles. The summed E-state index contributed by atoms with van der Waals surface area (Å²) in [6.45, 7) is 9.83. The molecule has 1 N–H and O–H groups in total. The van der Waals surface area contributed by atoms with Gasteiger partial charge in [0.15, 0.2) is 5.65 Å². The van der Waals surface area contributed by atoms with Crippen LogP contribution in [0.1, 0.15) is 25.5 Å². The van der Waals surface area contributed by atoms with E-state index in [1.165, 1.54) is 16.7 Å². The van der Waals surface area contributed by atoms with Crippen LogP contribution in [0.3, 0.4) is 0 Å². The van der Waals surface area contributed by atoms with Crippen molar-refractivity contribution >= 4 is 40.0 Å². The normalized spacial score (nSPS) is 14.9. The molecular weight excluding hydrogens is 561 g/mol. The van der Waals surface area contributed by atoms with E-state index < -0.39 is 11.5 Å². The molecule has 2 aliphatic rings. The number of ether oxygens (including phenoxy) is 1. The molecule has 6 rings (SSSR count). The maximum Gasteiger partial charge on any atom is 0.356 e. The molecule has 4 aromatic rings. The molecule has 42 heavy (non-hydrogen) atoms. The molecule has 0 aliphatic carbocycles. The Morgan fingerprint density at radius 2 is 1.98 bits per heavy atom. The highest BCUT2D eigenvalue weighted by Gasteiger charge is 2.28. The summed E-state index contributed by atoms with van der Waals surface area (Å²) in [4.78, 5) is 43.8. The van der Waals surface area contributed by atoms with Crippen LogP contribution >= 0.6 is 11.6 Å². The standard InChI is InChI=1S/C30H29ClFN7O3/c1-4-23(40)37-11-13-38(14-12-37)28-18-16-19(31)26-24-20(32)6-5-7-21(24)33-10-15-42-22-8-9-34-25(17(2)3)27(22)39(29(18)35-26)30(41)36-28/h4-9,16-17,33H,1,10-15H2,2-3H3. The SMILES string of the molecule is C=CC(=O)N1CCN(c2nc(=O)n3c4nc(c(Cl)cc24)-c2c(F)cccc2NCCOc2ccnc(C(C)C)c2-3)CC1. The van der Waals surface area contributed by atoms with Crippen LogP contribution in [0.2, 0.25) is 5.02 Å². The number of halogens is 2. The highest BCUT2D eigenvalue weighted by Crippen LogP contribution is 2.39.